The Morgan fingerprint density at radius 1 is 1.33 bits per heavy atom. The molecule has 1 heterocycles. The lowest BCUT2D eigenvalue weighted by Gasteiger charge is -2.11. The van der Waals surface area contributed by atoms with Gasteiger partial charge in [-0.2, -0.15) is 0 Å². The summed E-state index contributed by atoms with van der Waals surface area (Å²) < 4.78 is 5.37. The number of ether oxygens (including phenoxy) is 1. The molecule has 0 aromatic heterocycles. The van der Waals surface area contributed by atoms with Crippen molar-refractivity contribution in [2.75, 3.05) is 0 Å². The molecule has 2 aliphatic rings. The number of rotatable bonds is 2. The molecular formula is C13H16O2. The van der Waals surface area contributed by atoms with Crippen LogP contribution in [-0.2, 0) is 18.0 Å². The first-order valence-corrected chi connectivity index (χ1v) is 5.63. The van der Waals surface area contributed by atoms with E-state index in [0.717, 1.165) is 18.6 Å². The summed E-state index contributed by atoms with van der Waals surface area (Å²) >= 11 is 0. The normalized spacial score (nSPS) is 30.0. The molecule has 1 aliphatic carbocycles. The minimum atomic E-state index is -0.272. The van der Waals surface area contributed by atoms with Gasteiger partial charge >= 0.3 is 0 Å². The van der Waals surface area contributed by atoms with Crippen LogP contribution < -0.4 is 0 Å². The van der Waals surface area contributed by atoms with Crippen molar-refractivity contribution in [3.63, 3.8) is 0 Å². The number of aliphatic hydroxyl groups excluding tert-OH is 1. The predicted octanol–water partition coefficient (Wildman–Crippen LogP) is 2.41. The zero-order chi connectivity index (χ0) is 10.4. The summed E-state index contributed by atoms with van der Waals surface area (Å²) in [4.78, 5) is 0. The van der Waals surface area contributed by atoms with Gasteiger partial charge in [-0.3, -0.25) is 0 Å². The van der Waals surface area contributed by atoms with Crippen LogP contribution in [0.2, 0.25) is 0 Å². The molecule has 2 heteroatoms. The topological polar surface area (TPSA) is 29.5 Å². The molecule has 1 N–H and O–H groups in total. The molecular weight excluding hydrogens is 188 g/mol. The third-order valence-electron chi connectivity index (χ3n) is 3.66. The van der Waals surface area contributed by atoms with Crippen molar-refractivity contribution in [1.82, 2.24) is 0 Å². The van der Waals surface area contributed by atoms with Gasteiger partial charge in [0.25, 0.3) is 0 Å². The summed E-state index contributed by atoms with van der Waals surface area (Å²) in [6.45, 7) is 3.63. The standard InChI is InChI=1S/C13H16O2/c1-8-4-12(8)13(14)9-2-3-10-6-15-7-11(10)5-9/h2-3,5,8,12-14H,4,6-7H2,1H3. The van der Waals surface area contributed by atoms with Gasteiger partial charge in [-0.05, 0) is 34.9 Å². The maximum atomic E-state index is 10.1. The van der Waals surface area contributed by atoms with E-state index in [9.17, 15) is 5.11 Å². The average molecular weight is 204 g/mol. The Morgan fingerprint density at radius 2 is 2.07 bits per heavy atom. The van der Waals surface area contributed by atoms with Gasteiger partial charge in [0.15, 0.2) is 0 Å². The smallest absolute Gasteiger partial charge is 0.0820 e. The SMILES string of the molecule is CC1CC1C(O)c1ccc2c(c1)COC2. The molecule has 1 aliphatic heterocycles. The lowest BCUT2D eigenvalue weighted by molar-refractivity contribution is 0.134. The van der Waals surface area contributed by atoms with Gasteiger partial charge in [-0.15, -0.1) is 0 Å². The van der Waals surface area contributed by atoms with Crippen molar-refractivity contribution in [1.29, 1.82) is 0 Å². The molecule has 3 unspecified atom stereocenters. The summed E-state index contributed by atoms with van der Waals surface area (Å²) in [6.07, 6.45) is 0.889. The van der Waals surface area contributed by atoms with Gasteiger partial charge in [0, 0.05) is 0 Å². The van der Waals surface area contributed by atoms with Crippen LogP contribution in [0, 0.1) is 11.8 Å². The second-order valence-electron chi connectivity index (χ2n) is 4.84. The minimum absolute atomic E-state index is 0.272. The van der Waals surface area contributed by atoms with Crippen LogP contribution in [0.1, 0.15) is 36.1 Å². The zero-order valence-electron chi connectivity index (χ0n) is 8.94. The van der Waals surface area contributed by atoms with E-state index in [2.05, 4.69) is 19.1 Å². The van der Waals surface area contributed by atoms with Gasteiger partial charge in [0.1, 0.15) is 0 Å². The van der Waals surface area contributed by atoms with Gasteiger partial charge in [-0.1, -0.05) is 25.1 Å². The van der Waals surface area contributed by atoms with E-state index in [1.807, 2.05) is 6.07 Å². The fourth-order valence-corrected chi connectivity index (χ4v) is 2.41. The van der Waals surface area contributed by atoms with Crippen LogP contribution in [0.25, 0.3) is 0 Å². The molecule has 15 heavy (non-hydrogen) atoms. The van der Waals surface area contributed by atoms with E-state index in [1.165, 1.54) is 11.1 Å². The molecule has 3 rings (SSSR count). The summed E-state index contributed by atoms with van der Waals surface area (Å²) in [5.74, 6) is 1.16. The Bertz CT molecular complexity index is 386. The highest BCUT2D eigenvalue weighted by Gasteiger charge is 2.39. The van der Waals surface area contributed by atoms with E-state index in [0.29, 0.717) is 18.4 Å². The van der Waals surface area contributed by atoms with E-state index >= 15 is 0 Å². The van der Waals surface area contributed by atoms with Crippen LogP contribution in [-0.4, -0.2) is 5.11 Å². The fraction of sp³-hybridized carbons (Fsp3) is 0.538. The Morgan fingerprint density at radius 3 is 2.80 bits per heavy atom. The molecule has 1 saturated carbocycles. The van der Waals surface area contributed by atoms with E-state index < -0.39 is 0 Å². The number of aliphatic hydroxyl groups is 1. The maximum Gasteiger partial charge on any atom is 0.0820 e. The van der Waals surface area contributed by atoms with Crippen molar-refractivity contribution in [3.05, 3.63) is 34.9 Å². The molecule has 1 aromatic rings. The van der Waals surface area contributed by atoms with Crippen LogP contribution in [0.3, 0.4) is 0 Å². The van der Waals surface area contributed by atoms with Crippen molar-refractivity contribution in [3.8, 4) is 0 Å². The van der Waals surface area contributed by atoms with Gasteiger partial charge < -0.3 is 9.84 Å². The predicted molar refractivity (Wildman–Crippen MR) is 57.2 cm³/mol. The molecule has 1 aromatic carbocycles. The average Bonchev–Trinajstić information content (AvgIpc) is 2.80. The lowest BCUT2D eigenvalue weighted by Crippen LogP contribution is -2.01. The van der Waals surface area contributed by atoms with Crippen molar-refractivity contribution in [2.45, 2.75) is 32.7 Å². The van der Waals surface area contributed by atoms with Gasteiger partial charge in [0.2, 0.25) is 0 Å². The van der Waals surface area contributed by atoms with Crippen molar-refractivity contribution in [2.24, 2.45) is 11.8 Å². The molecule has 0 bridgehead atoms. The van der Waals surface area contributed by atoms with Crippen LogP contribution in [0.4, 0.5) is 0 Å². The highest BCUT2D eigenvalue weighted by Crippen LogP contribution is 2.47. The van der Waals surface area contributed by atoms with Crippen LogP contribution in [0.5, 0.6) is 0 Å². The van der Waals surface area contributed by atoms with Crippen molar-refractivity contribution < 1.29 is 9.84 Å². The summed E-state index contributed by atoms with van der Waals surface area (Å²) in [5.41, 5.74) is 3.59. The molecule has 0 saturated heterocycles. The molecule has 0 spiro atoms. The zero-order valence-corrected chi connectivity index (χ0v) is 8.94. The van der Waals surface area contributed by atoms with E-state index in [1.54, 1.807) is 0 Å². The molecule has 2 nitrogen and oxygen atoms in total. The van der Waals surface area contributed by atoms with E-state index in [4.69, 9.17) is 4.74 Å². The Hall–Kier alpha value is -0.860. The number of hydrogen-bond donors (Lipinski definition) is 1. The van der Waals surface area contributed by atoms with Crippen molar-refractivity contribution >= 4 is 0 Å². The number of benzene rings is 1. The monoisotopic (exact) mass is 204 g/mol. The molecule has 1 fully saturated rings. The summed E-state index contributed by atoms with van der Waals surface area (Å²) in [5, 5.41) is 10.1. The third-order valence-corrected chi connectivity index (χ3v) is 3.66. The highest BCUT2D eigenvalue weighted by atomic mass is 16.5. The summed E-state index contributed by atoms with van der Waals surface area (Å²) in [6, 6.07) is 6.25. The first-order chi connectivity index (χ1) is 7.25. The molecule has 80 valence electrons. The number of hydrogen-bond acceptors (Lipinski definition) is 2. The number of fused-ring (bicyclic) bond motifs is 1. The Kier molecular flexibility index (Phi) is 2.08. The van der Waals surface area contributed by atoms with E-state index in [-0.39, 0.29) is 6.10 Å². The summed E-state index contributed by atoms with van der Waals surface area (Å²) in [7, 11) is 0. The first-order valence-electron chi connectivity index (χ1n) is 5.63. The van der Waals surface area contributed by atoms with Crippen LogP contribution >= 0.6 is 0 Å². The van der Waals surface area contributed by atoms with Gasteiger partial charge in [0.05, 0.1) is 19.3 Å². The largest absolute Gasteiger partial charge is 0.388 e. The second-order valence-corrected chi connectivity index (χ2v) is 4.84. The Balaban J connectivity index is 1.86. The first kappa shape index (κ1) is 9.37. The highest BCUT2D eigenvalue weighted by molar-refractivity contribution is 5.34. The van der Waals surface area contributed by atoms with Crippen LogP contribution in [0.15, 0.2) is 18.2 Å². The quantitative estimate of drug-likeness (QED) is 0.801. The Labute approximate surface area is 89.9 Å². The second kappa shape index (κ2) is 3.32. The van der Waals surface area contributed by atoms with Gasteiger partial charge in [-0.25, -0.2) is 0 Å². The third kappa shape index (κ3) is 1.58. The molecule has 0 radical (unpaired) electrons. The lowest BCUT2D eigenvalue weighted by atomic mass is 9.99. The minimum Gasteiger partial charge on any atom is -0.388 e. The molecule has 3 atom stereocenters. The fourth-order valence-electron chi connectivity index (χ4n) is 2.41. The maximum absolute atomic E-state index is 10.1. The molecule has 0 amide bonds.